The first-order chi connectivity index (χ1) is 11.3. The van der Waals surface area contributed by atoms with Crippen molar-refractivity contribution < 1.29 is 31.9 Å². The van der Waals surface area contributed by atoms with Crippen LogP contribution in [-0.2, 0) is 10.9 Å². The van der Waals surface area contributed by atoms with Crippen molar-refractivity contribution in [2.75, 3.05) is 6.61 Å². The lowest BCUT2D eigenvalue weighted by Crippen LogP contribution is -2.06. The van der Waals surface area contributed by atoms with Crippen molar-refractivity contribution in [3.05, 3.63) is 65.1 Å². The molecule has 0 spiro atoms. The van der Waals surface area contributed by atoms with Gasteiger partial charge >= 0.3 is 12.1 Å². The van der Waals surface area contributed by atoms with Gasteiger partial charge in [-0.1, -0.05) is 12.1 Å². The highest BCUT2D eigenvalue weighted by atomic mass is 19.4. The minimum atomic E-state index is -4.52. The van der Waals surface area contributed by atoms with Crippen LogP contribution >= 0.6 is 0 Å². The fourth-order valence-corrected chi connectivity index (χ4v) is 1.86. The van der Waals surface area contributed by atoms with Gasteiger partial charge in [0.25, 0.3) is 0 Å². The number of ketones is 1. The number of esters is 1. The Morgan fingerprint density at radius 2 is 1.96 bits per heavy atom. The van der Waals surface area contributed by atoms with E-state index in [0.717, 1.165) is 24.3 Å². The molecule has 0 unspecified atom stereocenters. The molecule has 0 atom stereocenters. The fourth-order valence-electron chi connectivity index (χ4n) is 1.86. The second kappa shape index (κ2) is 7.16. The van der Waals surface area contributed by atoms with E-state index in [-0.39, 0.29) is 23.7 Å². The summed E-state index contributed by atoms with van der Waals surface area (Å²) in [4.78, 5) is 23.4. The van der Waals surface area contributed by atoms with Crippen molar-refractivity contribution in [1.29, 1.82) is 0 Å². The number of alkyl halides is 3. The van der Waals surface area contributed by atoms with Gasteiger partial charge in [0.1, 0.15) is 5.76 Å². The van der Waals surface area contributed by atoms with Crippen LogP contribution < -0.4 is 0 Å². The molecule has 2 rings (SSSR count). The third-order valence-corrected chi connectivity index (χ3v) is 2.98. The van der Waals surface area contributed by atoms with E-state index in [1.165, 1.54) is 24.3 Å². The molecule has 126 valence electrons. The molecule has 1 aromatic heterocycles. The Morgan fingerprint density at radius 1 is 1.21 bits per heavy atom. The number of hydrogen-bond acceptors (Lipinski definition) is 4. The molecular weight excluding hydrogens is 325 g/mol. The molecule has 0 amide bonds. The van der Waals surface area contributed by atoms with Crippen molar-refractivity contribution >= 4 is 17.8 Å². The van der Waals surface area contributed by atoms with Gasteiger partial charge in [0.05, 0.1) is 12.2 Å². The molecule has 4 nitrogen and oxygen atoms in total. The van der Waals surface area contributed by atoms with Gasteiger partial charge in [-0.25, -0.2) is 4.79 Å². The number of furan rings is 1. The summed E-state index contributed by atoms with van der Waals surface area (Å²) >= 11 is 0. The number of carbonyl (C=O) groups excluding carboxylic acids is 2. The summed E-state index contributed by atoms with van der Waals surface area (Å²) in [7, 11) is 0. The smallest absolute Gasteiger partial charge is 0.416 e. The van der Waals surface area contributed by atoms with E-state index in [9.17, 15) is 22.8 Å². The van der Waals surface area contributed by atoms with Crippen LogP contribution in [0, 0.1) is 0 Å². The van der Waals surface area contributed by atoms with Crippen LogP contribution in [0.2, 0.25) is 0 Å². The van der Waals surface area contributed by atoms with E-state index >= 15 is 0 Å². The summed E-state index contributed by atoms with van der Waals surface area (Å²) in [5, 5.41) is 0. The van der Waals surface area contributed by atoms with E-state index in [1.807, 2.05) is 0 Å². The minimum absolute atomic E-state index is 0.0250. The molecule has 1 heterocycles. The van der Waals surface area contributed by atoms with Gasteiger partial charge in [0.2, 0.25) is 5.76 Å². The molecule has 0 aliphatic heterocycles. The SMILES string of the molecule is CCOC(=O)c1ccc(/C=C/C(=O)c2cccc(C(F)(F)F)c2)o1. The molecular formula is C17H13F3O4. The molecule has 24 heavy (non-hydrogen) atoms. The summed E-state index contributed by atoms with van der Waals surface area (Å²) in [5.41, 5.74) is -0.998. The van der Waals surface area contributed by atoms with E-state index < -0.39 is 23.5 Å². The van der Waals surface area contributed by atoms with Crippen LogP contribution in [0.15, 0.2) is 46.9 Å². The summed E-state index contributed by atoms with van der Waals surface area (Å²) in [5.74, 6) is -1.07. The number of ether oxygens (including phenoxy) is 1. The summed E-state index contributed by atoms with van der Waals surface area (Å²) in [6, 6.07) is 6.94. The summed E-state index contributed by atoms with van der Waals surface area (Å²) in [6.07, 6.45) is -2.18. The highest BCUT2D eigenvalue weighted by Gasteiger charge is 2.30. The van der Waals surface area contributed by atoms with Gasteiger partial charge in [-0.3, -0.25) is 4.79 Å². The highest BCUT2D eigenvalue weighted by Crippen LogP contribution is 2.29. The molecule has 0 aliphatic rings. The summed E-state index contributed by atoms with van der Waals surface area (Å²) in [6.45, 7) is 1.84. The second-order valence-corrected chi connectivity index (χ2v) is 4.70. The standard InChI is InChI=1S/C17H13F3O4/c1-2-23-16(22)15-9-7-13(24-15)6-8-14(21)11-4-3-5-12(10-11)17(18,19)20/h3-10H,2H2,1H3/b8-6+. The molecule has 0 bridgehead atoms. The Bertz CT molecular complexity index is 772. The van der Waals surface area contributed by atoms with E-state index in [2.05, 4.69) is 0 Å². The van der Waals surface area contributed by atoms with Crippen LogP contribution in [-0.4, -0.2) is 18.4 Å². The number of halogens is 3. The van der Waals surface area contributed by atoms with Crippen LogP contribution in [0.25, 0.3) is 6.08 Å². The third-order valence-electron chi connectivity index (χ3n) is 2.98. The maximum atomic E-state index is 12.6. The maximum absolute atomic E-state index is 12.6. The van der Waals surface area contributed by atoms with Crippen molar-refractivity contribution in [3.63, 3.8) is 0 Å². The predicted octanol–water partition coefficient (Wildman–Crippen LogP) is 4.37. The first kappa shape index (κ1) is 17.5. The minimum Gasteiger partial charge on any atom is -0.460 e. The van der Waals surface area contributed by atoms with E-state index in [1.54, 1.807) is 6.92 Å². The number of allylic oxidation sites excluding steroid dienone is 1. The molecule has 0 aliphatic carbocycles. The Morgan fingerprint density at radius 3 is 2.62 bits per heavy atom. The van der Waals surface area contributed by atoms with Crippen molar-refractivity contribution in [2.45, 2.75) is 13.1 Å². The van der Waals surface area contributed by atoms with Gasteiger partial charge in [0, 0.05) is 5.56 Å². The molecule has 0 fully saturated rings. The van der Waals surface area contributed by atoms with Gasteiger partial charge in [-0.2, -0.15) is 13.2 Å². The van der Waals surface area contributed by atoms with Crippen molar-refractivity contribution in [2.24, 2.45) is 0 Å². The first-order valence-corrected chi connectivity index (χ1v) is 6.98. The number of rotatable bonds is 5. The zero-order valence-corrected chi connectivity index (χ0v) is 12.6. The maximum Gasteiger partial charge on any atom is 0.416 e. The Hall–Kier alpha value is -2.83. The topological polar surface area (TPSA) is 56.5 Å². The van der Waals surface area contributed by atoms with Gasteiger partial charge in [0.15, 0.2) is 5.78 Å². The molecule has 0 N–H and O–H groups in total. The van der Waals surface area contributed by atoms with Crippen LogP contribution in [0.4, 0.5) is 13.2 Å². The Kier molecular flexibility index (Phi) is 5.23. The van der Waals surface area contributed by atoms with Gasteiger partial charge in [-0.15, -0.1) is 0 Å². The predicted molar refractivity (Wildman–Crippen MR) is 79.5 cm³/mol. The van der Waals surface area contributed by atoms with Crippen LogP contribution in [0.3, 0.4) is 0 Å². The van der Waals surface area contributed by atoms with Gasteiger partial charge in [-0.05, 0) is 43.3 Å². The number of carbonyl (C=O) groups is 2. The highest BCUT2D eigenvalue weighted by molar-refractivity contribution is 6.06. The monoisotopic (exact) mass is 338 g/mol. The molecule has 0 radical (unpaired) electrons. The Balaban J connectivity index is 2.12. The molecule has 0 saturated carbocycles. The largest absolute Gasteiger partial charge is 0.460 e. The van der Waals surface area contributed by atoms with Crippen molar-refractivity contribution in [1.82, 2.24) is 0 Å². The lowest BCUT2D eigenvalue weighted by atomic mass is 10.1. The normalized spacial score (nSPS) is 11.7. The molecule has 7 heteroatoms. The first-order valence-electron chi connectivity index (χ1n) is 6.98. The third kappa shape index (κ3) is 4.34. The average Bonchev–Trinajstić information content (AvgIpc) is 3.01. The lowest BCUT2D eigenvalue weighted by Gasteiger charge is -2.06. The van der Waals surface area contributed by atoms with E-state index in [4.69, 9.17) is 9.15 Å². The quantitative estimate of drug-likeness (QED) is 0.461. The zero-order chi connectivity index (χ0) is 17.7. The fraction of sp³-hybridized carbons (Fsp3) is 0.176. The average molecular weight is 338 g/mol. The lowest BCUT2D eigenvalue weighted by molar-refractivity contribution is -0.137. The number of benzene rings is 1. The van der Waals surface area contributed by atoms with E-state index in [0.29, 0.717) is 0 Å². The van der Waals surface area contributed by atoms with Gasteiger partial charge < -0.3 is 9.15 Å². The second-order valence-electron chi connectivity index (χ2n) is 4.70. The van der Waals surface area contributed by atoms with Crippen LogP contribution in [0.5, 0.6) is 0 Å². The van der Waals surface area contributed by atoms with Crippen molar-refractivity contribution in [3.8, 4) is 0 Å². The molecule has 1 aromatic carbocycles. The number of hydrogen-bond donors (Lipinski definition) is 0. The zero-order valence-electron chi connectivity index (χ0n) is 12.6. The van der Waals surface area contributed by atoms with Crippen LogP contribution in [0.1, 0.15) is 39.2 Å². The Labute approximate surface area is 135 Å². The molecule has 2 aromatic rings. The summed E-state index contributed by atoms with van der Waals surface area (Å²) < 4.78 is 47.8. The molecule has 0 saturated heterocycles.